The quantitative estimate of drug-likeness (QED) is 0.324. The van der Waals surface area contributed by atoms with Crippen LogP contribution in [-0.2, 0) is 6.42 Å². The second-order valence-corrected chi connectivity index (χ2v) is 10.9. The maximum Gasteiger partial charge on any atom is 0.213 e. The lowest BCUT2D eigenvalue weighted by molar-refractivity contribution is 0.0391. The van der Waals surface area contributed by atoms with Crippen LogP contribution in [-0.4, -0.2) is 65.3 Å². The number of aliphatic hydroxyl groups is 1. The summed E-state index contributed by atoms with van der Waals surface area (Å²) < 4.78 is 36.9. The Bertz CT molecular complexity index is 1520. The molecule has 1 fully saturated rings. The summed E-state index contributed by atoms with van der Waals surface area (Å²) in [5.74, 6) is 0.500. The molecule has 1 saturated heterocycles. The highest BCUT2D eigenvalue weighted by Crippen LogP contribution is 2.52. The minimum absolute atomic E-state index is 0.163. The summed E-state index contributed by atoms with van der Waals surface area (Å²) in [6, 6.07) is 23.0. The molecule has 4 aromatic rings. The highest BCUT2D eigenvalue weighted by molar-refractivity contribution is 5.78. The number of benzene rings is 3. The van der Waals surface area contributed by atoms with Gasteiger partial charge >= 0.3 is 0 Å². The lowest BCUT2D eigenvalue weighted by Crippen LogP contribution is -2.50. The summed E-state index contributed by atoms with van der Waals surface area (Å²) in [6.07, 6.45) is -3.20. The van der Waals surface area contributed by atoms with E-state index in [2.05, 4.69) is 20.9 Å². The van der Waals surface area contributed by atoms with Gasteiger partial charge in [0.15, 0.2) is 12.3 Å². The second-order valence-electron chi connectivity index (χ2n) is 10.9. The van der Waals surface area contributed by atoms with E-state index in [4.69, 9.17) is 4.74 Å². The van der Waals surface area contributed by atoms with E-state index in [1.54, 1.807) is 12.1 Å². The van der Waals surface area contributed by atoms with Crippen molar-refractivity contribution >= 4 is 10.9 Å². The molecule has 1 N–H and O–H groups in total. The molecule has 39 heavy (non-hydrogen) atoms. The van der Waals surface area contributed by atoms with E-state index in [9.17, 15) is 5.11 Å². The maximum absolute atomic E-state index is 15.6. The summed E-state index contributed by atoms with van der Waals surface area (Å²) in [4.78, 5) is 9.08. The minimum atomic E-state index is -1.66. The van der Waals surface area contributed by atoms with Crippen LogP contribution < -0.4 is 4.74 Å². The van der Waals surface area contributed by atoms with E-state index in [1.165, 1.54) is 0 Å². The third-order valence-corrected chi connectivity index (χ3v) is 8.38. The highest BCUT2D eigenvalue weighted by atomic mass is 19.2. The fourth-order valence-electron chi connectivity index (χ4n) is 6.33. The van der Waals surface area contributed by atoms with Gasteiger partial charge in [0.25, 0.3) is 0 Å². The van der Waals surface area contributed by atoms with Crippen molar-refractivity contribution in [3.05, 3.63) is 106 Å². The standard InChI is InChI=1S/C32H31F2N3O2/c33-30-23-6-2-3-7-24(23)32(25-11-9-21-17-26(21)29(25)31(30)34)37-15-13-36(14-16-37)18-22(38)19-39-28-12-10-20-5-1-4-8-27(20)35-28/h1-12,22,30-32,38H,13-19H2/t22-,30?,31+,32?/m1/s1. The number of β-amino-alcohol motifs (C(OH)–C–C–N with tert-alkyl or cyclic N) is 1. The van der Waals surface area contributed by atoms with E-state index < -0.39 is 18.4 Å². The Morgan fingerprint density at radius 3 is 2.46 bits per heavy atom. The van der Waals surface area contributed by atoms with Crippen molar-refractivity contribution in [2.75, 3.05) is 39.3 Å². The van der Waals surface area contributed by atoms with E-state index >= 15 is 8.78 Å². The average Bonchev–Trinajstić information content (AvgIpc) is 3.77. The molecule has 0 amide bonds. The van der Waals surface area contributed by atoms with Crippen LogP contribution in [0.15, 0.2) is 72.8 Å². The van der Waals surface area contributed by atoms with Crippen molar-refractivity contribution in [2.24, 2.45) is 0 Å². The fourth-order valence-corrected chi connectivity index (χ4v) is 6.33. The number of halogens is 2. The molecule has 1 aromatic heterocycles. The topological polar surface area (TPSA) is 48.8 Å². The van der Waals surface area contributed by atoms with Crippen LogP contribution in [0.3, 0.4) is 0 Å². The van der Waals surface area contributed by atoms with Gasteiger partial charge in [-0.05, 0) is 51.9 Å². The van der Waals surface area contributed by atoms with Crippen LogP contribution in [0, 0.1) is 0 Å². The molecule has 1 aliphatic heterocycles. The van der Waals surface area contributed by atoms with Crippen molar-refractivity contribution in [3.63, 3.8) is 0 Å². The smallest absolute Gasteiger partial charge is 0.213 e. The first-order valence-corrected chi connectivity index (χ1v) is 13.7. The Morgan fingerprint density at radius 2 is 1.62 bits per heavy atom. The zero-order valence-electron chi connectivity index (χ0n) is 21.6. The van der Waals surface area contributed by atoms with E-state index in [1.807, 2.05) is 54.6 Å². The highest BCUT2D eigenvalue weighted by Gasteiger charge is 2.42. The second kappa shape index (κ2) is 9.97. The Hall–Kier alpha value is -3.39. The van der Waals surface area contributed by atoms with Crippen LogP contribution in [0.5, 0.6) is 5.88 Å². The number of ether oxygens (including phenoxy) is 1. The molecule has 5 nitrogen and oxygen atoms in total. The van der Waals surface area contributed by atoms with Gasteiger partial charge < -0.3 is 9.84 Å². The van der Waals surface area contributed by atoms with Crippen LogP contribution in [0.1, 0.15) is 51.8 Å². The predicted octanol–water partition coefficient (Wildman–Crippen LogP) is 5.32. The van der Waals surface area contributed by atoms with Crippen molar-refractivity contribution in [3.8, 4) is 5.88 Å². The van der Waals surface area contributed by atoms with E-state index in [-0.39, 0.29) is 12.6 Å². The number of nitrogens with zero attached hydrogens (tertiary/aromatic N) is 3. The summed E-state index contributed by atoms with van der Waals surface area (Å²) in [5.41, 5.74) is 5.76. The Morgan fingerprint density at radius 1 is 0.846 bits per heavy atom. The van der Waals surface area contributed by atoms with Gasteiger partial charge in [0.05, 0.1) is 11.6 Å². The maximum atomic E-state index is 15.6. The van der Waals surface area contributed by atoms with Crippen molar-refractivity contribution in [1.82, 2.24) is 14.8 Å². The van der Waals surface area contributed by atoms with Gasteiger partial charge in [-0.25, -0.2) is 13.8 Å². The molecule has 4 atom stereocenters. The summed E-state index contributed by atoms with van der Waals surface area (Å²) in [6.45, 7) is 3.64. The molecule has 3 aliphatic rings. The number of para-hydroxylation sites is 1. The van der Waals surface area contributed by atoms with Gasteiger partial charge in [-0.15, -0.1) is 0 Å². The largest absolute Gasteiger partial charge is 0.475 e. The normalized spacial score (nSPS) is 23.4. The third-order valence-electron chi connectivity index (χ3n) is 8.38. The molecule has 3 aromatic carbocycles. The number of piperazine rings is 1. The molecule has 200 valence electrons. The van der Waals surface area contributed by atoms with Gasteiger partial charge in [0, 0.05) is 44.2 Å². The van der Waals surface area contributed by atoms with Gasteiger partial charge in [-0.2, -0.15) is 0 Å². The van der Waals surface area contributed by atoms with Gasteiger partial charge in [0.1, 0.15) is 12.7 Å². The molecule has 2 unspecified atom stereocenters. The van der Waals surface area contributed by atoms with Crippen molar-refractivity contribution < 1.29 is 18.6 Å². The zero-order valence-corrected chi connectivity index (χ0v) is 21.6. The van der Waals surface area contributed by atoms with E-state index in [0.29, 0.717) is 23.6 Å². The SMILES string of the molecule is O[C@@H](COc1ccc2ccccc2n1)CN1CCN(C2c3ccccc3C(F)[C@@H](F)c3c2ccc2c3C2)CC1. The van der Waals surface area contributed by atoms with Gasteiger partial charge in [-0.1, -0.05) is 54.6 Å². The summed E-state index contributed by atoms with van der Waals surface area (Å²) in [7, 11) is 0. The molecule has 2 heterocycles. The lowest BCUT2D eigenvalue weighted by atomic mass is 9.92. The number of hydrogen-bond acceptors (Lipinski definition) is 5. The fraction of sp³-hybridized carbons (Fsp3) is 0.344. The monoisotopic (exact) mass is 527 g/mol. The number of aliphatic hydroxyl groups excluding tert-OH is 1. The van der Waals surface area contributed by atoms with Crippen LogP contribution in [0.4, 0.5) is 8.78 Å². The number of alkyl halides is 2. The van der Waals surface area contributed by atoms with Crippen LogP contribution in [0.25, 0.3) is 10.9 Å². The number of aromatic nitrogens is 1. The van der Waals surface area contributed by atoms with Crippen molar-refractivity contribution in [2.45, 2.75) is 30.9 Å². The minimum Gasteiger partial charge on any atom is -0.475 e. The molecule has 0 spiro atoms. The molecular formula is C32H31F2N3O2. The third kappa shape index (κ3) is 4.58. The molecule has 0 bridgehead atoms. The number of rotatable bonds is 6. The molecule has 7 heteroatoms. The van der Waals surface area contributed by atoms with Crippen LogP contribution >= 0.6 is 0 Å². The molecule has 7 rings (SSSR count). The Kier molecular flexibility index (Phi) is 6.30. The first-order chi connectivity index (χ1) is 19.1. The van der Waals surface area contributed by atoms with E-state index in [0.717, 1.165) is 65.8 Å². The predicted molar refractivity (Wildman–Crippen MR) is 146 cm³/mol. The van der Waals surface area contributed by atoms with Crippen LogP contribution in [0.2, 0.25) is 0 Å². The average molecular weight is 528 g/mol. The zero-order chi connectivity index (χ0) is 26.5. The first-order valence-electron chi connectivity index (χ1n) is 13.7. The number of hydrogen-bond donors (Lipinski definition) is 1. The Labute approximate surface area is 226 Å². The Balaban J connectivity index is 1.03. The molecule has 0 saturated carbocycles. The molecule has 2 aliphatic carbocycles. The van der Waals surface area contributed by atoms with Gasteiger partial charge in [0.2, 0.25) is 5.88 Å². The number of fused-ring (bicyclic) bond motifs is 5. The first kappa shape index (κ1) is 24.6. The number of pyridine rings is 1. The lowest BCUT2D eigenvalue weighted by Gasteiger charge is -2.40. The summed E-state index contributed by atoms with van der Waals surface area (Å²) >= 11 is 0. The molecule has 0 radical (unpaired) electrons. The van der Waals surface area contributed by atoms with Gasteiger partial charge in [-0.3, -0.25) is 9.80 Å². The summed E-state index contributed by atoms with van der Waals surface area (Å²) in [5, 5.41) is 11.7. The molecular weight excluding hydrogens is 496 g/mol. The van der Waals surface area contributed by atoms with Crippen molar-refractivity contribution in [1.29, 1.82) is 0 Å².